The third-order valence-electron chi connectivity index (χ3n) is 3.75. The Labute approximate surface area is 162 Å². The van der Waals surface area contributed by atoms with Gasteiger partial charge in [0.25, 0.3) is 0 Å². The normalized spacial score (nSPS) is 10.5. The highest BCUT2D eigenvalue weighted by atomic mass is 16.5. The number of rotatable bonds is 7. The fourth-order valence-corrected chi connectivity index (χ4v) is 2.29. The number of nitrogens with zero attached hydrogens (tertiary/aromatic N) is 1. The molecule has 0 unspecified atom stereocenters. The van der Waals surface area contributed by atoms with E-state index in [0.29, 0.717) is 23.6 Å². The number of aryl methyl sites for hydroxylation is 1. The van der Waals surface area contributed by atoms with Crippen molar-refractivity contribution in [1.82, 2.24) is 5.43 Å². The molecule has 2 aromatic carbocycles. The summed E-state index contributed by atoms with van der Waals surface area (Å²) >= 11 is 0. The smallest absolute Gasteiger partial charge is 0.335 e. The number of anilines is 1. The van der Waals surface area contributed by atoms with Crippen LogP contribution in [-0.2, 0) is 16.0 Å². The van der Waals surface area contributed by atoms with Gasteiger partial charge in [-0.25, -0.2) is 10.2 Å². The van der Waals surface area contributed by atoms with Crippen LogP contribution in [0.5, 0.6) is 5.75 Å². The summed E-state index contributed by atoms with van der Waals surface area (Å²) in [6.07, 6.45) is 2.09. The monoisotopic (exact) mass is 383 g/mol. The molecule has 0 saturated heterocycles. The van der Waals surface area contributed by atoms with Gasteiger partial charge in [-0.2, -0.15) is 5.10 Å². The molecule has 0 aliphatic carbocycles. The maximum atomic E-state index is 11.9. The van der Waals surface area contributed by atoms with Crippen LogP contribution >= 0.6 is 0 Å². The van der Waals surface area contributed by atoms with Crippen molar-refractivity contribution >= 4 is 29.7 Å². The largest absolute Gasteiger partial charge is 0.493 e. The molecule has 0 aliphatic heterocycles. The van der Waals surface area contributed by atoms with Gasteiger partial charge in [-0.05, 0) is 49.2 Å². The number of carbonyl (C=O) groups excluding carboxylic acids is 2. The van der Waals surface area contributed by atoms with Gasteiger partial charge < -0.3 is 15.2 Å². The quantitative estimate of drug-likeness (QED) is 0.386. The number of ether oxygens (including phenoxy) is 1. The van der Waals surface area contributed by atoms with E-state index < -0.39 is 17.8 Å². The zero-order chi connectivity index (χ0) is 20.5. The molecule has 0 heterocycles. The Kier molecular flexibility index (Phi) is 7.27. The maximum Gasteiger partial charge on any atom is 0.335 e. The van der Waals surface area contributed by atoms with Crippen LogP contribution in [0.1, 0.15) is 35.3 Å². The Morgan fingerprint density at radius 3 is 2.39 bits per heavy atom. The number of amides is 2. The molecule has 0 spiro atoms. The predicted molar refractivity (Wildman–Crippen MR) is 105 cm³/mol. The Bertz CT molecular complexity index is 891. The van der Waals surface area contributed by atoms with Crippen molar-refractivity contribution in [3.63, 3.8) is 0 Å². The molecular weight excluding hydrogens is 362 g/mol. The van der Waals surface area contributed by atoms with Gasteiger partial charge >= 0.3 is 17.8 Å². The number of hydrazone groups is 1. The van der Waals surface area contributed by atoms with E-state index >= 15 is 0 Å². The van der Waals surface area contributed by atoms with Crippen LogP contribution in [0.2, 0.25) is 0 Å². The van der Waals surface area contributed by atoms with Crippen LogP contribution in [0.4, 0.5) is 5.69 Å². The molecular formula is C20H21N3O5. The number of aromatic carboxylic acids is 1. The fourth-order valence-electron chi connectivity index (χ4n) is 2.29. The third-order valence-corrected chi connectivity index (χ3v) is 3.75. The minimum Gasteiger partial charge on any atom is -0.493 e. The average molecular weight is 383 g/mol. The Balaban J connectivity index is 2.02. The van der Waals surface area contributed by atoms with Crippen molar-refractivity contribution in [2.45, 2.75) is 20.3 Å². The molecule has 8 nitrogen and oxygen atoms in total. The molecule has 2 rings (SSSR count). The summed E-state index contributed by atoms with van der Waals surface area (Å²) in [4.78, 5) is 34.9. The summed E-state index contributed by atoms with van der Waals surface area (Å²) in [5.74, 6) is -2.52. The molecule has 0 fully saturated rings. The lowest BCUT2D eigenvalue weighted by atomic mass is 10.1. The minimum absolute atomic E-state index is 0.0458. The first kappa shape index (κ1) is 20.6. The van der Waals surface area contributed by atoms with E-state index in [9.17, 15) is 14.4 Å². The minimum atomic E-state index is -1.10. The molecule has 2 aromatic rings. The van der Waals surface area contributed by atoms with Gasteiger partial charge in [0.15, 0.2) is 0 Å². The van der Waals surface area contributed by atoms with Gasteiger partial charge in [0.05, 0.1) is 18.4 Å². The van der Waals surface area contributed by atoms with Crippen LogP contribution in [-0.4, -0.2) is 35.7 Å². The van der Waals surface area contributed by atoms with Crippen molar-refractivity contribution in [2.75, 3.05) is 11.9 Å². The van der Waals surface area contributed by atoms with E-state index in [2.05, 4.69) is 15.8 Å². The summed E-state index contributed by atoms with van der Waals surface area (Å²) in [6, 6.07) is 11.4. The fraction of sp³-hybridized carbons (Fsp3) is 0.200. The molecule has 2 amide bonds. The summed E-state index contributed by atoms with van der Waals surface area (Å²) < 4.78 is 5.40. The van der Waals surface area contributed by atoms with Crippen molar-refractivity contribution in [3.05, 3.63) is 59.2 Å². The Hall–Kier alpha value is -3.68. The first-order valence-electron chi connectivity index (χ1n) is 8.68. The van der Waals surface area contributed by atoms with Crippen molar-refractivity contribution in [1.29, 1.82) is 0 Å². The van der Waals surface area contributed by atoms with Crippen molar-refractivity contribution in [2.24, 2.45) is 5.10 Å². The second-order valence-corrected chi connectivity index (χ2v) is 5.69. The molecule has 28 heavy (non-hydrogen) atoms. The molecule has 3 N–H and O–H groups in total. The van der Waals surface area contributed by atoms with Gasteiger partial charge in [-0.3, -0.25) is 9.59 Å². The van der Waals surface area contributed by atoms with Crippen LogP contribution < -0.4 is 15.5 Å². The molecule has 8 heteroatoms. The standard InChI is InChI=1S/C20H21N3O5/c1-3-13-5-8-16(9-6-13)22-18(24)19(25)23-21-12-15-11-14(20(26)27)7-10-17(15)28-4-2/h5-12H,3-4H2,1-2H3,(H,22,24)(H,23,25)(H,26,27)/b21-12-. The van der Waals surface area contributed by atoms with Gasteiger partial charge in [0, 0.05) is 11.3 Å². The third kappa shape index (κ3) is 5.66. The topological polar surface area (TPSA) is 117 Å². The Morgan fingerprint density at radius 2 is 1.79 bits per heavy atom. The second-order valence-electron chi connectivity index (χ2n) is 5.69. The van der Waals surface area contributed by atoms with Gasteiger partial charge in [-0.1, -0.05) is 19.1 Å². The van der Waals surface area contributed by atoms with Gasteiger partial charge in [-0.15, -0.1) is 0 Å². The summed E-state index contributed by atoms with van der Waals surface area (Å²) in [7, 11) is 0. The Morgan fingerprint density at radius 1 is 1.07 bits per heavy atom. The second kappa shape index (κ2) is 9.86. The molecule has 0 bridgehead atoms. The molecule has 0 aliphatic rings. The molecule has 0 radical (unpaired) electrons. The lowest BCUT2D eigenvalue weighted by Gasteiger charge is -2.08. The van der Waals surface area contributed by atoms with Crippen LogP contribution in [0.25, 0.3) is 0 Å². The lowest BCUT2D eigenvalue weighted by Crippen LogP contribution is -2.32. The van der Waals surface area contributed by atoms with Crippen molar-refractivity contribution < 1.29 is 24.2 Å². The lowest BCUT2D eigenvalue weighted by molar-refractivity contribution is -0.136. The molecule has 146 valence electrons. The zero-order valence-electron chi connectivity index (χ0n) is 15.6. The molecule has 0 saturated carbocycles. The zero-order valence-corrected chi connectivity index (χ0v) is 15.6. The number of benzene rings is 2. The highest BCUT2D eigenvalue weighted by Crippen LogP contribution is 2.18. The average Bonchev–Trinajstić information content (AvgIpc) is 2.69. The first-order chi connectivity index (χ1) is 13.4. The number of carbonyl (C=O) groups is 3. The van der Waals surface area contributed by atoms with Crippen LogP contribution in [0, 0.1) is 0 Å². The van der Waals surface area contributed by atoms with E-state index in [1.165, 1.54) is 24.4 Å². The summed E-state index contributed by atoms with van der Waals surface area (Å²) in [6.45, 7) is 4.17. The summed E-state index contributed by atoms with van der Waals surface area (Å²) in [5, 5.41) is 15.3. The van der Waals surface area contributed by atoms with E-state index in [-0.39, 0.29) is 5.56 Å². The van der Waals surface area contributed by atoms with Gasteiger partial charge in [0.2, 0.25) is 0 Å². The van der Waals surface area contributed by atoms with Crippen LogP contribution in [0.15, 0.2) is 47.6 Å². The maximum absolute atomic E-state index is 11.9. The van der Waals surface area contributed by atoms with Crippen LogP contribution in [0.3, 0.4) is 0 Å². The van der Waals surface area contributed by atoms with Crippen molar-refractivity contribution in [3.8, 4) is 5.75 Å². The first-order valence-corrected chi connectivity index (χ1v) is 8.68. The number of carboxylic acids is 1. The van der Waals surface area contributed by atoms with Gasteiger partial charge in [0.1, 0.15) is 5.75 Å². The van der Waals surface area contributed by atoms with E-state index in [0.717, 1.165) is 12.0 Å². The highest BCUT2D eigenvalue weighted by Gasteiger charge is 2.13. The number of hydrogen-bond acceptors (Lipinski definition) is 5. The molecule has 0 atom stereocenters. The molecule has 0 aromatic heterocycles. The van der Waals surface area contributed by atoms with E-state index in [4.69, 9.17) is 9.84 Å². The number of nitrogens with one attached hydrogen (secondary N) is 2. The number of hydrogen-bond donors (Lipinski definition) is 3. The predicted octanol–water partition coefficient (Wildman–Crippen LogP) is 2.43. The van der Waals surface area contributed by atoms with E-state index in [1.54, 1.807) is 19.1 Å². The summed E-state index contributed by atoms with van der Waals surface area (Å²) in [5.41, 5.74) is 4.12. The highest BCUT2D eigenvalue weighted by molar-refractivity contribution is 6.39. The SMILES string of the molecule is CCOc1ccc(C(=O)O)cc1/C=N\NC(=O)C(=O)Nc1ccc(CC)cc1. The van der Waals surface area contributed by atoms with E-state index in [1.807, 2.05) is 19.1 Å². The number of carboxylic acid groups (broad SMARTS) is 1.